The Morgan fingerprint density at radius 3 is 2.58 bits per heavy atom. The smallest absolute Gasteiger partial charge is 0.333 e. The van der Waals surface area contributed by atoms with Crippen LogP contribution in [0.3, 0.4) is 0 Å². The number of anilines is 1. The Hall–Kier alpha value is -3.89. The van der Waals surface area contributed by atoms with Crippen molar-refractivity contribution in [3.63, 3.8) is 0 Å². The van der Waals surface area contributed by atoms with E-state index in [0.29, 0.717) is 22.3 Å². The maximum Gasteiger partial charge on any atom is 0.333 e. The van der Waals surface area contributed by atoms with Gasteiger partial charge in [-0.25, -0.2) is 17.8 Å². The number of nitrogens with zero attached hydrogens (tertiary/aromatic N) is 2. The van der Waals surface area contributed by atoms with E-state index < -0.39 is 33.9 Å². The first-order valence-electron chi connectivity index (χ1n) is 10.1. The van der Waals surface area contributed by atoms with Crippen LogP contribution in [0, 0.1) is 0 Å². The van der Waals surface area contributed by atoms with Gasteiger partial charge in [-0.05, 0) is 42.5 Å². The first-order valence-corrected chi connectivity index (χ1v) is 11.6. The molecule has 0 saturated carbocycles. The van der Waals surface area contributed by atoms with E-state index in [1.807, 2.05) is 0 Å². The summed E-state index contributed by atoms with van der Waals surface area (Å²) < 4.78 is 35.0. The highest BCUT2D eigenvalue weighted by Gasteiger charge is 2.37. The molecule has 1 unspecified atom stereocenters. The van der Waals surface area contributed by atoms with Crippen LogP contribution in [0.15, 0.2) is 87.3 Å². The molecule has 0 amide bonds. The Bertz CT molecular complexity index is 1590. The van der Waals surface area contributed by atoms with Gasteiger partial charge >= 0.3 is 5.69 Å². The second-order valence-electron chi connectivity index (χ2n) is 7.53. The van der Waals surface area contributed by atoms with Gasteiger partial charge in [-0.3, -0.25) is 9.10 Å². The lowest BCUT2D eigenvalue weighted by Crippen LogP contribution is -2.48. The molecule has 0 aliphatic carbocycles. The molecule has 3 aromatic carbocycles. The Balaban J connectivity index is 1.67. The maximum atomic E-state index is 13.7. The van der Waals surface area contributed by atoms with Crippen molar-refractivity contribution in [2.45, 2.75) is 10.9 Å². The number of hydrogen-bond acceptors (Lipinski definition) is 6. The lowest BCUT2D eigenvalue weighted by Gasteiger charge is -2.36. The molecule has 0 fully saturated rings. The van der Waals surface area contributed by atoms with Crippen molar-refractivity contribution in [3.8, 4) is 11.4 Å². The third-order valence-corrected chi connectivity index (χ3v) is 7.38. The van der Waals surface area contributed by atoms with Crippen molar-refractivity contribution in [1.82, 2.24) is 9.55 Å². The molecule has 33 heavy (non-hydrogen) atoms. The number of sulfonamides is 1. The summed E-state index contributed by atoms with van der Waals surface area (Å²) >= 11 is 0. The van der Waals surface area contributed by atoms with Gasteiger partial charge in [0, 0.05) is 0 Å². The van der Waals surface area contributed by atoms with Crippen molar-refractivity contribution < 1.29 is 18.3 Å². The molecule has 2 N–H and O–H groups in total. The molecule has 1 aliphatic rings. The fraction of sp³-hybridized carbons (Fsp3) is 0.130. The van der Waals surface area contributed by atoms with Gasteiger partial charge in [0.1, 0.15) is 18.4 Å². The molecule has 9 nitrogen and oxygen atoms in total. The fourth-order valence-electron chi connectivity index (χ4n) is 3.96. The van der Waals surface area contributed by atoms with Gasteiger partial charge in [-0.1, -0.05) is 30.3 Å². The van der Waals surface area contributed by atoms with Gasteiger partial charge in [-0.2, -0.15) is 0 Å². The molecular formula is C23H19N3O6S. The lowest BCUT2D eigenvalue weighted by atomic mass is 10.2. The second-order valence-corrected chi connectivity index (χ2v) is 9.34. The largest absolute Gasteiger partial charge is 0.489 e. The highest BCUT2D eigenvalue weighted by molar-refractivity contribution is 7.92. The number of nitrogens with one attached hydrogen (secondary N) is 1. The standard InChI is InChI=1S/C23H19N3O6S/c27-13-16-14-32-21-11-4-3-10-20(21)26(16)33(30,31)17-7-5-6-15(12-17)25-22(28)18-8-1-2-9-19(18)24-23(25)29/h1-12,16,27H,13-14H2,(H,24,29). The molecule has 1 aromatic heterocycles. The van der Waals surface area contributed by atoms with Crippen molar-refractivity contribution in [1.29, 1.82) is 0 Å². The minimum absolute atomic E-state index is 0.0176. The first kappa shape index (κ1) is 21.0. The summed E-state index contributed by atoms with van der Waals surface area (Å²) in [5.41, 5.74) is -0.445. The predicted octanol–water partition coefficient (Wildman–Crippen LogP) is 1.63. The van der Waals surface area contributed by atoms with Crippen LogP contribution in [0.1, 0.15) is 0 Å². The third kappa shape index (κ3) is 3.40. The molecule has 5 rings (SSSR count). The van der Waals surface area contributed by atoms with Crippen LogP contribution >= 0.6 is 0 Å². The van der Waals surface area contributed by atoms with Gasteiger partial charge < -0.3 is 14.8 Å². The Kier molecular flexibility index (Phi) is 5.03. The van der Waals surface area contributed by atoms with Crippen LogP contribution in [-0.4, -0.2) is 42.3 Å². The number of para-hydroxylation sites is 3. The molecular weight excluding hydrogens is 446 g/mol. The quantitative estimate of drug-likeness (QED) is 0.473. The summed E-state index contributed by atoms with van der Waals surface area (Å²) in [5, 5.41) is 10.1. The van der Waals surface area contributed by atoms with Gasteiger partial charge in [0.2, 0.25) is 0 Å². The number of fused-ring (bicyclic) bond motifs is 2. The molecule has 4 aromatic rings. The van der Waals surface area contributed by atoms with Crippen molar-refractivity contribution in [3.05, 3.63) is 93.6 Å². The number of benzene rings is 3. The number of aromatic amines is 1. The number of hydrogen-bond donors (Lipinski definition) is 2. The van der Waals surface area contributed by atoms with E-state index in [-0.39, 0.29) is 17.2 Å². The van der Waals surface area contributed by atoms with E-state index in [1.54, 1.807) is 48.5 Å². The minimum atomic E-state index is -4.17. The first-order chi connectivity index (χ1) is 15.9. The molecule has 0 saturated heterocycles. The average molecular weight is 465 g/mol. The zero-order chi connectivity index (χ0) is 23.2. The summed E-state index contributed by atoms with van der Waals surface area (Å²) in [5.74, 6) is 0.379. The Labute approximate surface area is 188 Å². The molecule has 168 valence electrons. The van der Waals surface area contributed by atoms with Gasteiger partial charge in [0.15, 0.2) is 0 Å². The summed E-state index contributed by atoms with van der Waals surface area (Å²) in [6.07, 6.45) is 0. The number of ether oxygens (including phenoxy) is 1. The number of aliphatic hydroxyl groups excluding tert-OH is 1. The monoisotopic (exact) mass is 465 g/mol. The summed E-state index contributed by atoms with van der Waals surface area (Å²) in [4.78, 5) is 28.2. The molecule has 0 radical (unpaired) electrons. The number of H-pyrrole nitrogens is 1. The van der Waals surface area contributed by atoms with Crippen molar-refractivity contribution in [2.24, 2.45) is 0 Å². The van der Waals surface area contributed by atoms with Crippen LogP contribution in [0.4, 0.5) is 5.69 Å². The van der Waals surface area contributed by atoms with Crippen molar-refractivity contribution >= 4 is 26.6 Å². The highest BCUT2D eigenvalue weighted by atomic mass is 32.2. The van der Waals surface area contributed by atoms with E-state index in [2.05, 4.69) is 4.98 Å². The van der Waals surface area contributed by atoms with Crippen LogP contribution in [0.5, 0.6) is 5.75 Å². The van der Waals surface area contributed by atoms with E-state index in [9.17, 15) is 23.1 Å². The second kappa shape index (κ2) is 7.91. The van der Waals surface area contributed by atoms with Gasteiger partial charge in [-0.15, -0.1) is 0 Å². The average Bonchev–Trinajstić information content (AvgIpc) is 2.83. The predicted molar refractivity (Wildman–Crippen MR) is 123 cm³/mol. The highest BCUT2D eigenvalue weighted by Crippen LogP contribution is 2.37. The van der Waals surface area contributed by atoms with Crippen LogP contribution in [0.25, 0.3) is 16.6 Å². The molecule has 2 heterocycles. The van der Waals surface area contributed by atoms with Crippen LogP contribution < -0.4 is 20.3 Å². The third-order valence-electron chi connectivity index (χ3n) is 5.51. The number of rotatable bonds is 4. The topological polar surface area (TPSA) is 122 Å². The maximum absolute atomic E-state index is 13.7. The normalized spacial score (nSPS) is 15.8. The molecule has 10 heteroatoms. The van der Waals surface area contributed by atoms with Gasteiger partial charge in [0.05, 0.1) is 33.8 Å². The van der Waals surface area contributed by atoms with Crippen LogP contribution in [-0.2, 0) is 10.0 Å². The fourth-order valence-corrected chi connectivity index (χ4v) is 5.63. The molecule has 1 aliphatic heterocycles. The van der Waals surface area contributed by atoms with E-state index in [0.717, 1.165) is 8.87 Å². The summed E-state index contributed by atoms with van der Waals surface area (Å²) in [6, 6.07) is 18.0. The van der Waals surface area contributed by atoms with E-state index in [1.165, 1.54) is 24.3 Å². The SMILES string of the molecule is O=c1[nH]c2ccccc2c(=O)n1-c1cccc(S(=O)(=O)N2c3ccccc3OCC2CO)c1. The van der Waals surface area contributed by atoms with Crippen LogP contribution in [0.2, 0.25) is 0 Å². The molecule has 0 bridgehead atoms. The Morgan fingerprint density at radius 2 is 1.76 bits per heavy atom. The van der Waals surface area contributed by atoms with E-state index in [4.69, 9.17) is 4.74 Å². The molecule has 0 spiro atoms. The van der Waals surface area contributed by atoms with Crippen molar-refractivity contribution in [2.75, 3.05) is 17.5 Å². The minimum Gasteiger partial charge on any atom is -0.489 e. The zero-order valence-corrected chi connectivity index (χ0v) is 18.0. The summed E-state index contributed by atoms with van der Waals surface area (Å²) in [6.45, 7) is -0.465. The lowest BCUT2D eigenvalue weighted by molar-refractivity contribution is 0.197. The molecule has 1 atom stereocenters. The number of aromatic nitrogens is 2. The number of aliphatic hydroxyl groups is 1. The van der Waals surface area contributed by atoms with E-state index >= 15 is 0 Å². The Morgan fingerprint density at radius 1 is 1.00 bits per heavy atom. The zero-order valence-electron chi connectivity index (χ0n) is 17.2. The van der Waals surface area contributed by atoms with Gasteiger partial charge in [0.25, 0.3) is 15.6 Å². The summed E-state index contributed by atoms with van der Waals surface area (Å²) in [7, 11) is -4.17.